The predicted octanol–water partition coefficient (Wildman–Crippen LogP) is 3.25. The molecule has 1 aromatic carbocycles. The van der Waals surface area contributed by atoms with Gasteiger partial charge in [0, 0.05) is 24.2 Å². The molecular formula is C14H22BrNO. The first-order chi connectivity index (χ1) is 8.15. The maximum atomic E-state index is 5.18. The first-order valence-corrected chi connectivity index (χ1v) is 6.85. The molecule has 0 amide bonds. The van der Waals surface area contributed by atoms with E-state index in [4.69, 9.17) is 4.74 Å². The van der Waals surface area contributed by atoms with Crippen LogP contribution in [0.3, 0.4) is 0 Å². The number of hydrogen-bond donors (Lipinski definition) is 1. The van der Waals surface area contributed by atoms with Gasteiger partial charge in [0.15, 0.2) is 0 Å². The van der Waals surface area contributed by atoms with Crippen LogP contribution in [0.25, 0.3) is 0 Å². The fourth-order valence-electron chi connectivity index (χ4n) is 2.05. The summed E-state index contributed by atoms with van der Waals surface area (Å²) < 4.78 is 6.32. The molecule has 1 rings (SSSR count). The highest BCUT2D eigenvalue weighted by Gasteiger charge is 2.12. The van der Waals surface area contributed by atoms with Crippen molar-refractivity contribution >= 4 is 15.9 Å². The number of benzene rings is 1. The molecule has 3 heteroatoms. The average molecular weight is 300 g/mol. The van der Waals surface area contributed by atoms with Crippen molar-refractivity contribution in [3.05, 3.63) is 34.3 Å². The molecule has 0 aliphatic carbocycles. The lowest BCUT2D eigenvalue weighted by molar-refractivity contribution is 0.150. The third-order valence-corrected chi connectivity index (χ3v) is 3.47. The standard InChI is InChI=1S/C14H22BrNO/c1-11(10-17-3)8-14(16-2)9-12-4-6-13(15)7-5-12/h4-7,11,14,16H,8-10H2,1-3H3. The maximum absolute atomic E-state index is 5.18. The lowest BCUT2D eigenvalue weighted by atomic mass is 9.97. The number of halogens is 1. The number of likely N-dealkylation sites (N-methyl/N-ethyl adjacent to an activating group) is 1. The van der Waals surface area contributed by atoms with E-state index in [2.05, 4.69) is 52.4 Å². The van der Waals surface area contributed by atoms with E-state index in [-0.39, 0.29) is 0 Å². The van der Waals surface area contributed by atoms with Crippen molar-refractivity contribution in [2.75, 3.05) is 20.8 Å². The molecule has 0 heterocycles. The molecule has 0 aliphatic rings. The molecule has 0 fully saturated rings. The molecule has 2 nitrogen and oxygen atoms in total. The summed E-state index contributed by atoms with van der Waals surface area (Å²) in [4.78, 5) is 0. The van der Waals surface area contributed by atoms with Gasteiger partial charge in [0.2, 0.25) is 0 Å². The Balaban J connectivity index is 2.48. The van der Waals surface area contributed by atoms with Crippen LogP contribution in [0.5, 0.6) is 0 Å². The summed E-state index contributed by atoms with van der Waals surface area (Å²) in [5, 5.41) is 3.39. The molecule has 0 aromatic heterocycles. The minimum Gasteiger partial charge on any atom is -0.384 e. The normalized spacial score (nSPS) is 14.6. The van der Waals surface area contributed by atoms with E-state index < -0.39 is 0 Å². The van der Waals surface area contributed by atoms with Gasteiger partial charge in [0.25, 0.3) is 0 Å². The van der Waals surface area contributed by atoms with Crippen molar-refractivity contribution in [1.29, 1.82) is 0 Å². The summed E-state index contributed by atoms with van der Waals surface area (Å²) in [6, 6.07) is 9.06. The Morgan fingerprint density at radius 2 is 1.94 bits per heavy atom. The average Bonchev–Trinajstić information content (AvgIpc) is 2.31. The Labute approximate surface area is 113 Å². The molecule has 0 saturated carbocycles. The zero-order chi connectivity index (χ0) is 12.7. The summed E-state index contributed by atoms with van der Waals surface area (Å²) in [7, 11) is 3.79. The van der Waals surface area contributed by atoms with Crippen LogP contribution >= 0.6 is 15.9 Å². The SMILES string of the molecule is CNC(Cc1ccc(Br)cc1)CC(C)COC. The number of methoxy groups -OCH3 is 1. The second-order valence-electron chi connectivity index (χ2n) is 4.61. The smallest absolute Gasteiger partial charge is 0.0488 e. The van der Waals surface area contributed by atoms with Crippen LogP contribution in [0.4, 0.5) is 0 Å². The van der Waals surface area contributed by atoms with Crippen LogP contribution in [-0.2, 0) is 11.2 Å². The van der Waals surface area contributed by atoms with E-state index in [0.29, 0.717) is 12.0 Å². The highest BCUT2D eigenvalue weighted by Crippen LogP contribution is 2.15. The molecule has 0 spiro atoms. The molecule has 0 saturated heterocycles. The molecule has 0 bridgehead atoms. The number of rotatable bonds is 7. The van der Waals surface area contributed by atoms with Crippen molar-refractivity contribution < 1.29 is 4.74 Å². The van der Waals surface area contributed by atoms with E-state index in [1.165, 1.54) is 5.56 Å². The van der Waals surface area contributed by atoms with Gasteiger partial charge in [-0.15, -0.1) is 0 Å². The molecule has 1 N–H and O–H groups in total. The molecule has 0 radical (unpaired) electrons. The molecule has 96 valence electrons. The van der Waals surface area contributed by atoms with Gasteiger partial charge in [-0.05, 0) is 43.5 Å². The summed E-state index contributed by atoms with van der Waals surface area (Å²) >= 11 is 3.46. The lowest BCUT2D eigenvalue weighted by Crippen LogP contribution is -2.30. The van der Waals surface area contributed by atoms with Crippen LogP contribution in [0.2, 0.25) is 0 Å². The molecule has 2 atom stereocenters. The molecule has 2 unspecified atom stereocenters. The summed E-state index contributed by atoms with van der Waals surface area (Å²) in [5.41, 5.74) is 1.37. The third kappa shape index (κ3) is 5.66. The topological polar surface area (TPSA) is 21.3 Å². The quantitative estimate of drug-likeness (QED) is 0.834. The second kappa shape index (κ2) is 7.85. The van der Waals surface area contributed by atoms with Crippen molar-refractivity contribution in [2.45, 2.75) is 25.8 Å². The zero-order valence-electron chi connectivity index (χ0n) is 10.9. The van der Waals surface area contributed by atoms with E-state index in [0.717, 1.165) is 23.9 Å². The van der Waals surface area contributed by atoms with Gasteiger partial charge in [-0.3, -0.25) is 0 Å². The zero-order valence-corrected chi connectivity index (χ0v) is 12.5. The summed E-state index contributed by atoms with van der Waals surface area (Å²) in [6.45, 7) is 3.06. The van der Waals surface area contributed by atoms with Gasteiger partial charge >= 0.3 is 0 Å². The van der Waals surface area contributed by atoms with E-state index in [1.807, 2.05) is 7.05 Å². The Hall–Kier alpha value is -0.380. The highest BCUT2D eigenvalue weighted by molar-refractivity contribution is 9.10. The highest BCUT2D eigenvalue weighted by atomic mass is 79.9. The van der Waals surface area contributed by atoms with Gasteiger partial charge in [-0.1, -0.05) is 35.0 Å². The maximum Gasteiger partial charge on any atom is 0.0488 e. The van der Waals surface area contributed by atoms with Crippen molar-refractivity contribution in [3.8, 4) is 0 Å². The first kappa shape index (κ1) is 14.7. The van der Waals surface area contributed by atoms with Crippen LogP contribution < -0.4 is 5.32 Å². The van der Waals surface area contributed by atoms with Crippen LogP contribution in [0.15, 0.2) is 28.7 Å². The number of ether oxygens (including phenoxy) is 1. The minimum atomic E-state index is 0.515. The van der Waals surface area contributed by atoms with Crippen molar-refractivity contribution in [3.63, 3.8) is 0 Å². The van der Waals surface area contributed by atoms with Crippen molar-refractivity contribution in [2.24, 2.45) is 5.92 Å². The molecule has 1 aromatic rings. The Morgan fingerprint density at radius 3 is 2.47 bits per heavy atom. The Kier molecular flexibility index (Phi) is 6.78. The van der Waals surface area contributed by atoms with Gasteiger partial charge < -0.3 is 10.1 Å². The lowest BCUT2D eigenvalue weighted by Gasteiger charge is -2.20. The number of nitrogens with one attached hydrogen (secondary N) is 1. The van der Waals surface area contributed by atoms with Crippen LogP contribution in [0.1, 0.15) is 18.9 Å². The van der Waals surface area contributed by atoms with Gasteiger partial charge in [-0.25, -0.2) is 0 Å². The van der Waals surface area contributed by atoms with Crippen LogP contribution in [0, 0.1) is 5.92 Å². The minimum absolute atomic E-state index is 0.515. The Bertz CT molecular complexity index is 313. The van der Waals surface area contributed by atoms with Gasteiger partial charge in [0.1, 0.15) is 0 Å². The fourth-order valence-corrected chi connectivity index (χ4v) is 2.31. The van der Waals surface area contributed by atoms with Gasteiger partial charge in [-0.2, -0.15) is 0 Å². The van der Waals surface area contributed by atoms with Crippen molar-refractivity contribution in [1.82, 2.24) is 5.32 Å². The summed E-state index contributed by atoms with van der Waals surface area (Å²) in [5.74, 6) is 0.591. The largest absolute Gasteiger partial charge is 0.384 e. The van der Waals surface area contributed by atoms with E-state index in [1.54, 1.807) is 7.11 Å². The Morgan fingerprint density at radius 1 is 1.29 bits per heavy atom. The molecular weight excluding hydrogens is 278 g/mol. The predicted molar refractivity (Wildman–Crippen MR) is 76.4 cm³/mol. The van der Waals surface area contributed by atoms with E-state index in [9.17, 15) is 0 Å². The van der Waals surface area contributed by atoms with Gasteiger partial charge in [0.05, 0.1) is 0 Å². The molecule has 17 heavy (non-hydrogen) atoms. The third-order valence-electron chi connectivity index (χ3n) is 2.94. The number of hydrogen-bond acceptors (Lipinski definition) is 2. The fraction of sp³-hybridized carbons (Fsp3) is 0.571. The van der Waals surface area contributed by atoms with Crippen LogP contribution in [-0.4, -0.2) is 26.8 Å². The summed E-state index contributed by atoms with van der Waals surface area (Å²) in [6.07, 6.45) is 2.21. The molecule has 0 aliphatic heterocycles. The second-order valence-corrected chi connectivity index (χ2v) is 5.53. The first-order valence-electron chi connectivity index (χ1n) is 6.06. The van der Waals surface area contributed by atoms with E-state index >= 15 is 0 Å². The monoisotopic (exact) mass is 299 g/mol.